The van der Waals surface area contributed by atoms with Crippen LogP contribution >= 0.6 is 15.9 Å². The lowest BCUT2D eigenvalue weighted by molar-refractivity contribution is 0.178. The molecule has 0 saturated carbocycles. The summed E-state index contributed by atoms with van der Waals surface area (Å²) in [5.41, 5.74) is 1.27. The summed E-state index contributed by atoms with van der Waals surface area (Å²) in [5, 5.41) is 7.78. The molecular weight excluding hydrogens is 292 g/mol. The first-order valence-electron chi connectivity index (χ1n) is 6.83. The Morgan fingerprint density at radius 1 is 1.50 bits per heavy atom. The van der Waals surface area contributed by atoms with Gasteiger partial charge in [-0.15, -0.1) is 0 Å². The van der Waals surface area contributed by atoms with Crippen molar-refractivity contribution in [3.05, 3.63) is 16.4 Å². The van der Waals surface area contributed by atoms with E-state index in [4.69, 9.17) is 0 Å². The predicted octanol–water partition coefficient (Wildman–Crippen LogP) is 2.15. The lowest BCUT2D eigenvalue weighted by Crippen LogP contribution is -2.36. The first kappa shape index (κ1) is 14.0. The lowest BCUT2D eigenvalue weighted by atomic mass is 10.1. The molecule has 0 spiro atoms. The largest absolute Gasteiger partial charge is 0.317 e. The minimum atomic E-state index is 0.701. The van der Waals surface area contributed by atoms with Crippen LogP contribution in [0.5, 0.6) is 0 Å². The van der Waals surface area contributed by atoms with Crippen LogP contribution < -0.4 is 5.32 Å². The van der Waals surface area contributed by atoms with Crippen molar-refractivity contribution in [2.24, 2.45) is 7.05 Å². The number of nitrogens with one attached hydrogen (secondary N) is 1. The van der Waals surface area contributed by atoms with Gasteiger partial charge >= 0.3 is 0 Å². The average molecular weight is 315 g/mol. The highest BCUT2D eigenvalue weighted by molar-refractivity contribution is 9.10. The first-order valence-corrected chi connectivity index (χ1v) is 7.62. The molecule has 1 fully saturated rings. The zero-order chi connectivity index (χ0) is 13.0. The maximum atomic E-state index is 4.30. The van der Waals surface area contributed by atoms with Crippen LogP contribution in [0.15, 0.2) is 10.7 Å². The Labute approximate surface area is 118 Å². The maximum Gasteiger partial charge on any atom is 0.0663 e. The summed E-state index contributed by atoms with van der Waals surface area (Å²) in [6, 6.07) is 0.701. The molecule has 1 aromatic heterocycles. The molecule has 18 heavy (non-hydrogen) atoms. The SMILES string of the molecule is CCN(Cc1c(Br)cnn1C)C1CCCNCC1. The molecule has 1 aliphatic rings. The third kappa shape index (κ3) is 3.33. The molecule has 1 N–H and O–H groups in total. The third-order valence-electron chi connectivity index (χ3n) is 3.83. The molecule has 0 aliphatic carbocycles. The van der Waals surface area contributed by atoms with E-state index >= 15 is 0 Å². The summed E-state index contributed by atoms with van der Waals surface area (Å²) in [5.74, 6) is 0. The fourth-order valence-electron chi connectivity index (χ4n) is 2.67. The Balaban J connectivity index is 2.04. The minimum Gasteiger partial charge on any atom is -0.317 e. The van der Waals surface area contributed by atoms with Crippen molar-refractivity contribution >= 4 is 15.9 Å². The predicted molar refractivity (Wildman–Crippen MR) is 77.5 cm³/mol. The molecule has 1 saturated heterocycles. The monoisotopic (exact) mass is 314 g/mol. The van der Waals surface area contributed by atoms with E-state index in [0.717, 1.165) is 24.1 Å². The van der Waals surface area contributed by atoms with Crippen molar-refractivity contribution < 1.29 is 0 Å². The molecule has 2 heterocycles. The van der Waals surface area contributed by atoms with Gasteiger partial charge in [0.1, 0.15) is 0 Å². The molecule has 2 rings (SSSR count). The topological polar surface area (TPSA) is 33.1 Å². The van der Waals surface area contributed by atoms with Gasteiger partial charge in [-0.3, -0.25) is 9.58 Å². The van der Waals surface area contributed by atoms with Gasteiger partial charge in [-0.25, -0.2) is 0 Å². The Kier molecular flexibility index (Phi) is 5.21. The van der Waals surface area contributed by atoms with E-state index in [1.807, 2.05) is 17.9 Å². The number of hydrogen-bond donors (Lipinski definition) is 1. The number of aromatic nitrogens is 2. The van der Waals surface area contributed by atoms with Gasteiger partial charge in [0.15, 0.2) is 0 Å². The van der Waals surface area contributed by atoms with Crippen molar-refractivity contribution in [1.29, 1.82) is 0 Å². The van der Waals surface area contributed by atoms with Gasteiger partial charge in [0.25, 0.3) is 0 Å². The van der Waals surface area contributed by atoms with Gasteiger partial charge in [-0.05, 0) is 54.8 Å². The highest BCUT2D eigenvalue weighted by Crippen LogP contribution is 2.21. The summed E-state index contributed by atoms with van der Waals surface area (Å²) < 4.78 is 3.09. The van der Waals surface area contributed by atoms with Crippen molar-refractivity contribution in [3.8, 4) is 0 Å². The number of hydrogen-bond acceptors (Lipinski definition) is 3. The molecule has 0 aromatic carbocycles. The second kappa shape index (κ2) is 6.68. The van der Waals surface area contributed by atoms with Gasteiger partial charge in [-0.1, -0.05) is 6.92 Å². The Morgan fingerprint density at radius 2 is 2.33 bits per heavy atom. The number of aryl methyl sites for hydroxylation is 1. The highest BCUT2D eigenvalue weighted by Gasteiger charge is 2.20. The summed E-state index contributed by atoms with van der Waals surface area (Å²) in [6.07, 6.45) is 5.73. The Hall–Kier alpha value is -0.390. The molecule has 1 atom stereocenters. The quantitative estimate of drug-likeness (QED) is 0.924. The molecule has 1 aromatic rings. The van der Waals surface area contributed by atoms with Crippen LogP contribution in [-0.4, -0.2) is 40.4 Å². The molecule has 102 valence electrons. The highest BCUT2D eigenvalue weighted by atomic mass is 79.9. The zero-order valence-corrected chi connectivity index (χ0v) is 12.9. The zero-order valence-electron chi connectivity index (χ0n) is 11.3. The molecule has 1 unspecified atom stereocenters. The van der Waals surface area contributed by atoms with E-state index in [1.54, 1.807) is 0 Å². The molecule has 4 nitrogen and oxygen atoms in total. The fraction of sp³-hybridized carbons (Fsp3) is 0.769. The molecule has 0 radical (unpaired) electrons. The van der Waals surface area contributed by atoms with E-state index in [2.05, 4.69) is 38.2 Å². The van der Waals surface area contributed by atoms with Gasteiger partial charge in [0.05, 0.1) is 16.4 Å². The van der Waals surface area contributed by atoms with Crippen molar-refractivity contribution in [2.75, 3.05) is 19.6 Å². The normalized spacial score (nSPS) is 21.2. The molecule has 1 aliphatic heterocycles. The van der Waals surface area contributed by atoms with Gasteiger partial charge in [-0.2, -0.15) is 5.10 Å². The molecule has 0 bridgehead atoms. The first-order chi connectivity index (χ1) is 8.72. The van der Waals surface area contributed by atoms with Crippen LogP contribution in [0, 0.1) is 0 Å². The van der Waals surface area contributed by atoms with Crippen LogP contribution in [0.3, 0.4) is 0 Å². The second-order valence-corrected chi connectivity index (χ2v) is 5.81. The summed E-state index contributed by atoms with van der Waals surface area (Å²) in [7, 11) is 2.02. The standard InChI is InChI=1S/C13H23BrN4/c1-3-18(11-5-4-7-15-8-6-11)10-13-12(14)9-16-17(13)2/h9,11,15H,3-8,10H2,1-2H3. The van der Waals surface area contributed by atoms with E-state index in [-0.39, 0.29) is 0 Å². The van der Waals surface area contributed by atoms with Crippen LogP contribution in [0.4, 0.5) is 0 Å². The van der Waals surface area contributed by atoms with Gasteiger partial charge in [0.2, 0.25) is 0 Å². The smallest absolute Gasteiger partial charge is 0.0663 e. The number of rotatable bonds is 4. The Morgan fingerprint density at radius 3 is 3.00 bits per heavy atom. The Bertz CT molecular complexity index is 350. The van der Waals surface area contributed by atoms with E-state index in [0.29, 0.717) is 6.04 Å². The molecular formula is C13H23BrN4. The minimum absolute atomic E-state index is 0.701. The lowest BCUT2D eigenvalue weighted by Gasteiger charge is -2.29. The summed E-state index contributed by atoms with van der Waals surface area (Å²) in [6.45, 7) is 6.65. The van der Waals surface area contributed by atoms with Crippen molar-refractivity contribution in [2.45, 2.75) is 38.8 Å². The summed E-state index contributed by atoms with van der Waals surface area (Å²) >= 11 is 3.59. The van der Waals surface area contributed by atoms with Crippen molar-refractivity contribution in [1.82, 2.24) is 20.0 Å². The number of nitrogens with zero attached hydrogens (tertiary/aromatic N) is 3. The number of halogens is 1. The molecule has 5 heteroatoms. The van der Waals surface area contributed by atoms with E-state index < -0.39 is 0 Å². The average Bonchev–Trinajstić information content (AvgIpc) is 2.62. The van der Waals surface area contributed by atoms with Gasteiger partial charge in [0, 0.05) is 19.6 Å². The van der Waals surface area contributed by atoms with Crippen LogP contribution in [0.2, 0.25) is 0 Å². The van der Waals surface area contributed by atoms with Crippen LogP contribution in [-0.2, 0) is 13.6 Å². The van der Waals surface area contributed by atoms with Crippen LogP contribution in [0.1, 0.15) is 31.9 Å². The third-order valence-corrected chi connectivity index (χ3v) is 4.49. The van der Waals surface area contributed by atoms with Crippen LogP contribution in [0.25, 0.3) is 0 Å². The van der Waals surface area contributed by atoms with Crippen molar-refractivity contribution in [3.63, 3.8) is 0 Å². The fourth-order valence-corrected chi connectivity index (χ4v) is 3.14. The van der Waals surface area contributed by atoms with E-state index in [9.17, 15) is 0 Å². The second-order valence-electron chi connectivity index (χ2n) is 4.96. The van der Waals surface area contributed by atoms with E-state index in [1.165, 1.54) is 31.5 Å². The maximum absolute atomic E-state index is 4.30. The van der Waals surface area contributed by atoms with Gasteiger partial charge < -0.3 is 5.32 Å². The summed E-state index contributed by atoms with van der Waals surface area (Å²) in [4.78, 5) is 2.58. The molecule has 0 amide bonds.